The van der Waals surface area contributed by atoms with Crippen LogP contribution in [0.25, 0.3) is 10.9 Å². The third-order valence-electron chi connectivity index (χ3n) is 4.49. The first kappa shape index (κ1) is 16.5. The molecule has 25 heavy (non-hydrogen) atoms. The summed E-state index contributed by atoms with van der Waals surface area (Å²) in [6.45, 7) is 0.404. The van der Waals surface area contributed by atoms with E-state index < -0.39 is 16.1 Å². The standard InChI is InChI=1S/C16H15N3O4S2/c20-14-10-24-16(21)19(14)12-6-8-18(9-12)25(22,23)13-5-1-3-11-4-2-7-17-15(11)13/h1-5,7,12H,6,8-10H2/t12-/m1/s1. The Morgan fingerprint density at radius 3 is 2.72 bits per heavy atom. The van der Waals surface area contributed by atoms with Crippen LogP contribution in [0.5, 0.6) is 0 Å². The number of aromatic nitrogens is 1. The number of pyridine rings is 1. The zero-order chi connectivity index (χ0) is 17.6. The number of para-hydroxylation sites is 1. The minimum absolute atomic E-state index is 0.129. The highest BCUT2D eigenvalue weighted by Gasteiger charge is 2.42. The molecule has 0 unspecified atom stereocenters. The monoisotopic (exact) mass is 377 g/mol. The van der Waals surface area contributed by atoms with E-state index in [4.69, 9.17) is 0 Å². The highest BCUT2D eigenvalue weighted by molar-refractivity contribution is 8.14. The Morgan fingerprint density at radius 2 is 1.96 bits per heavy atom. The van der Waals surface area contributed by atoms with Gasteiger partial charge in [-0.05, 0) is 18.6 Å². The molecule has 1 aromatic carbocycles. The fraction of sp³-hybridized carbons (Fsp3) is 0.312. The number of hydrogen-bond donors (Lipinski definition) is 0. The summed E-state index contributed by atoms with van der Waals surface area (Å²) in [4.78, 5) is 29.3. The SMILES string of the molecule is O=C1CSC(=O)N1[C@@H]1CCN(S(=O)(=O)c2cccc3cccnc23)C1. The number of sulfonamides is 1. The van der Waals surface area contributed by atoms with Gasteiger partial charge in [0.15, 0.2) is 0 Å². The van der Waals surface area contributed by atoms with Gasteiger partial charge in [0.2, 0.25) is 15.9 Å². The fourth-order valence-corrected chi connectivity index (χ4v) is 5.71. The van der Waals surface area contributed by atoms with Crippen molar-refractivity contribution in [3.8, 4) is 0 Å². The van der Waals surface area contributed by atoms with Crippen LogP contribution in [0.1, 0.15) is 6.42 Å². The second-order valence-electron chi connectivity index (χ2n) is 5.96. The number of hydrogen-bond acceptors (Lipinski definition) is 6. The molecule has 0 radical (unpaired) electrons. The summed E-state index contributed by atoms with van der Waals surface area (Å²) in [5, 5.41) is 0.460. The van der Waals surface area contributed by atoms with Crippen LogP contribution in [0, 0.1) is 0 Å². The van der Waals surface area contributed by atoms with Gasteiger partial charge in [0.25, 0.3) is 5.24 Å². The quantitative estimate of drug-likeness (QED) is 0.809. The van der Waals surface area contributed by atoms with E-state index >= 15 is 0 Å². The topological polar surface area (TPSA) is 87.7 Å². The number of carbonyl (C=O) groups excluding carboxylic acids is 2. The van der Waals surface area contributed by atoms with Crippen LogP contribution < -0.4 is 0 Å². The Morgan fingerprint density at radius 1 is 1.16 bits per heavy atom. The lowest BCUT2D eigenvalue weighted by Gasteiger charge is -2.22. The lowest BCUT2D eigenvalue weighted by atomic mass is 10.2. The fourth-order valence-electron chi connectivity index (χ4n) is 3.28. The van der Waals surface area contributed by atoms with E-state index in [1.54, 1.807) is 24.4 Å². The molecule has 3 heterocycles. The molecule has 1 aromatic heterocycles. The number of amides is 2. The van der Waals surface area contributed by atoms with Crippen molar-refractivity contribution in [2.24, 2.45) is 0 Å². The molecule has 2 aliphatic rings. The van der Waals surface area contributed by atoms with Crippen LogP contribution in [0.15, 0.2) is 41.4 Å². The van der Waals surface area contributed by atoms with Crippen molar-refractivity contribution in [1.29, 1.82) is 0 Å². The molecule has 2 aliphatic heterocycles. The molecular formula is C16H15N3O4S2. The van der Waals surface area contributed by atoms with Gasteiger partial charge in [0, 0.05) is 24.7 Å². The van der Waals surface area contributed by atoms with Gasteiger partial charge in [-0.1, -0.05) is 30.0 Å². The maximum atomic E-state index is 13.1. The van der Waals surface area contributed by atoms with Crippen LogP contribution in [-0.2, 0) is 14.8 Å². The lowest BCUT2D eigenvalue weighted by molar-refractivity contribution is -0.126. The molecule has 0 aliphatic carbocycles. The van der Waals surface area contributed by atoms with Gasteiger partial charge in [0.05, 0.1) is 17.3 Å². The molecule has 0 N–H and O–H groups in total. The van der Waals surface area contributed by atoms with E-state index in [2.05, 4.69) is 4.98 Å². The van der Waals surface area contributed by atoms with Gasteiger partial charge >= 0.3 is 0 Å². The largest absolute Gasteiger partial charge is 0.289 e. The van der Waals surface area contributed by atoms with E-state index in [1.807, 2.05) is 12.1 Å². The Hall–Kier alpha value is -1.97. The third kappa shape index (κ3) is 2.72. The van der Waals surface area contributed by atoms with Gasteiger partial charge in [-0.15, -0.1) is 0 Å². The van der Waals surface area contributed by atoms with Crippen LogP contribution in [0.3, 0.4) is 0 Å². The minimum atomic E-state index is -3.75. The zero-order valence-corrected chi connectivity index (χ0v) is 14.8. The van der Waals surface area contributed by atoms with Crippen molar-refractivity contribution >= 4 is 43.8 Å². The number of carbonyl (C=O) groups is 2. The third-order valence-corrected chi connectivity index (χ3v) is 7.22. The molecule has 0 spiro atoms. The molecule has 0 saturated carbocycles. The number of benzene rings is 1. The lowest BCUT2D eigenvalue weighted by Crippen LogP contribution is -2.41. The maximum Gasteiger partial charge on any atom is 0.289 e. The molecule has 2 fully saturated rings. The zero-order valence-electron chi connectivity index (χ0n) is 13.2. The summed E-state index contributed by atoms with van der Waals surface area (Å²) in [7, 11) is -3.75. The summed E-state index contributed by atoms with van der Waals surface area (Å²) < 4.78 is 27.5. The van der Waals surface area contributed by atoms with Crippen molar-refractivity contribution in [3.63, 3.8) is 0 Å². The van der Waals surface area contributed by atoms with Gasteiger partial charge in [0.1, 0.15) is 4.90 Å². The maximum absolute atomic E-state index is 13.1. The number of nitrogens with zero attached hydrogens (tertiary/aromatic N) is 3. The average Bonchev–Trinajstić information content (AvgIpc) is 3.21. The van der Waals surface area contributed by atoms with Crippen LogP contribution in [0.2, 0.25) is 0 Å². The normalized spacial score (nSPS) is 22.2. The summed E-state index contributed by atoms with van der Waals surface area (Å²) >= 11 is 0.967. The summed E-state index contributed by atoms with van der Waals surface area (Å²) in [6.07, 6.45) is 2.02. The van der Waals surface area contributed by atoms with Gasteiger partial charge in [-0.2, -0.15) is 4.31 Å². The molecule has 7 nitrogen and oxygen atoms in total. The Balaban J connectivity index is 1.65. The molecular weight excluding hydrogens is 362 g/mol. The van der Waals surface area contributed by atoms with E-state index in [1.165, 1.54) is 9.21 Å². The smallest absolute Gasteiger partial charge is 0.273 e. The number of thioether (sulfide) groups is 1. The molecule has 4 rings (SSSR count). The Bertz CT molecular complexity index is 955. The molecule has 130 valence electrons. The van der Waals surface area contributed by atoms with Crippen LogP contribution >= 0.6 is 11.8 Å². The Labute approximate surface area is 149 Å². The second-order valence-corrected chi connectivity index (χ2v) is 8.79. The molecule has 2 saturated heterocycles. The van der Waals surface area contributed by atoms with E-state index in [-0.39, 0.29) is 34.9 Å². The molecule has 0 bridgehead atoms. The number of imide groups is 1. The molecule has 9 heteroatoms. The molecule has 2 amide bonds. The first-order chi connectivity index (χ1) is 12.0. The van der Waals surface area contributed by atoms with Crippen molar-refractivity contribution in [2.75, 3.05) is 18.8 Å². The van der Waals surface area contributed by atoms with Gasteiger partial charge in [-0.25, -0.2) is 8.42 Å². The van der Waals surface area contributed by atoms with Gasteiger partial charge < -0.3 is 0 Å². The van der Waals surface area contributed by atoms with Crippen molar-refractivity contribution in [3.05, 3.63) is 36.5 Å². The summed E-state index contributed by atoms with van der Waals surface area (Å²) in [5.74, 6) is -0.110. The summed E-state index contributed by atoms with van der Waals surface area (Å²) in [5.41, 5.74) is 0.428. The second kappa shape index (κ2) is 6.08. The molecule has 1 atom stereocenters. The number of fused-ring (bicyclic) bond motifs is 1. The summed E-state index contributed by atoms with van der Waals surface area (Å²) in [6, 6.07) is 8.22. The first-order valence-corrected chi connectivity index (χ1v) is 10.2. The highest BCUT2D eigenvalue weighted by atomic mass is 32.2. The van der Waals surface area contributed by atoms with Crippen molar-refractivity contribution < 1.29 is 18.0 Å². The highest BCUT2D eigenvalue weighted by Crippen LogP contribution is 2.30. The van der Waals surface area contributed by atoms with Crippen molar-refractivity contribution in [1.82, 2.24) is 14.2 Å². The van der Waals surface area contributed by atoms with E-state index in [0.717, 1.165) is 17.1 Å². The minimum Gasteiger partial charge on any atom is -0.273 e. The van der Waals surface area contributed by atoms with E-state index in [9.17, 15) is 18.0 Å². The Kier molecular flexibility index (Phi) is 4.01. The van der Waals surface area contributed by atoms with Crippen molar-refractivity contribution in [2.45, 2.75) is 17.4 Å². The van der Waals surface area contributed by atoms with Crippen LogP contribution in [0.4, 0.5) is 4.79 Å². The first-order valence-electron chi connectivity index (χ1n) is 7.81. The van der Waals surface area contributed by atoms with Gasteiger partial charge in [-0.3, -0.25) is 19.5 Å². The van der Waals surface area contributed by atoms with E-state index in [0.29, 0.717) is 11.9 Å². The predicted octanol–water partition coefficient (Wildman–Crippen LogP) is 1.69. The predicted molar refractivity (Wildman–Crippen MR) is 93.6 cm³/mol. The van der Waals surface area contributed by atoms with Crippen LogP contribution in [-0.4, -0.2) is 58.6 Å². The average molecular weight is 377 g/mol. The molecule has 2 aromatic rings. The number of rotatable bonds is 3.